The lowest BCUT2D eigenvalue weighted by Gasteiger charge is -2.18. The van der Waals surface area contributed by atoms with E-state index in [0.717, 1.165) is 32.6 Å². The summed E-state index contributed by atoms with van der Waals surface area (Å²) < 4.78 is 25.9. The Morgan fingerprint density at radius 3 is 2.24 bits per heavy atom. The molecule has 0 amide bonds. The Morgan fingerprint density at radius 1 is 1.24 bits per heavy atom. The van der Waals surface area contributed by atoms with Crippen molar-refractivity contribution in [2.75, 3.05) is 31.9 Å². The molecule has 0 aliphatic carbocycles. The van der Waals surface area contributed by atoms with Crippen LogP contribution < -0.4 is 5.32 Å². The average Bonchev–Trinajstić information content (AvgIpc) is 2.73. The number of hydrogen-bond donors (Lipinski definition) is 1. The van der Waals surface area contributed by atoms with Crippen LogP contribution >= 0.6 is 12.4 Å². The predicted octanol–water partition coefficient (Wildman–Crippen LogP) is 0.935. The third kappa shape index (κ3) is 3.56. The zero-order chi connectivity index (χ0) is 11.8. The SMILES string of the molecule is CC(C)CCS(=O)(=O)N1C[C@H]2CNC[C@H]2C1.Cl. The fraction of sp³-hybridized carbons (Fsp3) is 1.00. The van der Waals surface area contributed by atoms with Gasteiger partial charge < -0.3 is 5.32 Å². The van der Waals surface area contributed by atoms with Crippen LogP contribution in [0.1, 0.15) is 20.3 Å². The molecule has 0 aromatic rings. The summed E-state index contributed by atoms with van der Waals surface area (Å²) in [6, 6.07) is 0. The summed E-state index contributed by atoms with van der Waals surface area (Å²) in [5, 5.41) is 3.33. The average molecular weight is 283 g/mol. The highest BCUT2D eigenvalue weighted by atomic mass is 35.5. The van der Waals surface area contributed by atoms with E-state index in [1.807, 2.05) is 0 Å². The molecule has 0 bridgehead atoms. The third-order valence-electron chi connectivity index (χ3n) is 3.70. The second kappa shape index (κ2) is 5.87. The molecule has 2 saturated heterocycles. The molecule has 102 valence electrons. The van der Waals surface area contributed by atoms with Crippen LogP contribution in [0.3, 0.4) is 0 Å². The molecule has 0 unspecified atom stereocenters. The summed E-state index contributed by atoms with van der Waals surface area (Å²) in [5.74, 6) is 1.87. The number of sulfonamides is 1. The Morgan fingerprint density at radius 2 is 1.76 bits per heavy atom. The molecule has 1 N–H and O–H groups in total. The Bertz CT molecular complexity index is 333. The second-order valence-corrected chi connectivity index (χ2v) is 7.58. The Balaban J connectivity index is 0.00000144. The van der Waals surface area contributed by atoms with Crippen molar-refractivity contribution in [2.45, 2.75) is 20.3 Å². The van der Waals surface area contributed by atoms with Crippen LogP contribution in [0, 0.1) is 17.8 Å². The smallest absolute Gasteiger partial charge is 0.214 e. The predicted molar refractivity (Wildman–Crippen MR) is 71.9 cm³/mol. The van der Waals surface area contributed by atoms with E-state index >= 15 is 0 Å². The van der Waals surface area contributed by atoms with Crippen LogP contribution in [0.25, 0.3) is 0 Å². The van der Waals surface area contributed by atoms with Crippen molar-refractivity contribution in [1.29, 1.82) is 0 Å². The van der Waals surface area contributed by atoms with E-state index in [-0.39, 0.29) is 12.4 Å². The van der Waals surface area contributed by atoms with E-state index in [4.69, 9.17) is 0 Å². The van der Waals surface area contributed by atoms with Gasteiger partial charge in [0.05, 0.1) is 5.75 Å². The number of fused-ring (bicyclic) bond motifs is 1. The number of halogens is 1. The van der Waals surface area contributed by atoms with Gasteiger partial charge in [0, 0.05) is 13.1 Å². The lowest BCUT2D eigenvalue weighted by Crippen LogP contribution is -2.34. The topological polar surface area (TPSA) is 49.4 Å². The lowest BCUT2D eigenvalue weighted by atomic mass is 10.0. The maximum absolute atomic E-state index is 12.1. The van der Waals surface area contributed by atoms with E-state index < -0.39 is 10.0 Å². The van der Waals surface area contributed by atoms with Gasteiger partial charge >= 0.3 is 0 Å². The highest BCUT2D eigenvalue weighted by Gasteiger charge is 2.40. The summed E-state index contributed by atoms with van der Waals surface area (Å²) in [6.07, 6.45) is 0.770. The fourth-order valence-corrected chi connectivity index (χ4v) is 4.42. The maximum atomic E-state index is 12.1. The molecule has 17 heavy (non-hydrogen) atoms. The van der Waals surface area contributed by atoms with Crippen molar-refractivity contribution in [3.05, 3.63) is 0 Å². The van der Waals surface area contributed by atoms with Gasteiger partial charge in [0.15, 0.2) is 0 Å². The summed E-state index contributed by atoms with van der Waals surface area (Å²) in [5.41, 5.74) is 0. The van der Waals surface area contributed by atoms with Crippen LogP contribution in [0.5, 0.6) is 0 Å². The molecule has 0 aromatic heterocycles. The molecule has 6 heteroatoms. The number of nitrogens with one attached hydrogen (secondary N) is 1. The van der Waals surface area contributed by atoms with Crippen molar-refractivity contribution in [3.8, 4) is 0 Å². The highest BCUT2D eigenvalue weighted by molar-refractivity contribution is 7.89. The zero-order valence-electron chi connectivity index (χ0n) is 10.6. The molecule has 2 fully saturated rings. The first-order chi connectivity index (χ1) is 7.49. The first-order valence-corrected chi connectivity index (χ1v) is 7.78. The van der Waals surface area contributed by atoms with Crippen LogP contribution in [-0.2, 0) is 10.0 Å². The normalized spacial score (nSPS) is 29.4. The fourth-order valence-electron chi connectivity index (χ4n) is 2.55. The molecule has 0 spiro atoms. The van der Waals surface area contributed by atoms with E-state index in [1.165, 1.54) is 0 Å². The minimum atomic E-state index is -2.99. The lowest BCUT2D eigenvalue weighted by molar-refractivity contribution is 0.443. The van der Waals surface area contributed by atoms with Crippen LogP contribution in [0.4, 0.5) is 0 Å². The standard InChI is InChI=1S/C11H22N2O2S.ClH/c1-9(2)3-4-16(14,15)13-7-10-5-12-6-11(10)8-13;/h9-12H,3-8H2,1-2H3;1H/t10-,11+;. The van der Waals surface area contributed by atoms with Gasteiger partial charge in [-0.05, 0) is 37.3 Å². The molecule has 2 rings (SSSR count). The molecule has 2 aliphatic heterocycles. The van der Waals surface area contributed by atoms with E-state index in [9.17, 15) is 8.42 Å². The van der Waals surface area contributed by atoms with E-state index in [2.05, 4.69) is 19.2 Å². The van der Waals surface area contributed by atoms with Gasteiger partial charge in [-0.2, -0.15) is 0 Å². The quantitative estimate of drug-likeness (QED) is 0.835. The van der Waals surface area contributed by atoms with Crippen molar-refractivity contribution >= 4 is 22.4 Å². The molecule has 0 radical (unpaired) electrons. The van der Waals surface area contributed by atoms with E-state index in [0.29, 0.717) is 23.5 Å². The van der Waals surface area contributed by atoms with E-state index in [1.54, 1.807) is 4.31 Å². The molecule has 2 aliphatic rings. The number of rotatable bonds is 4. The van der Waals surface area contributed by atoms with Crippen LogP contribution in [0.2, 0.25) is 0 Å². The van der Waals surface area contributed by atoms with Crippen molar-refractivity contribution in [1.82, 2.24) is 9.62 Å². The van der Waals surface area contributed by atoms with Crippen LogP contribution in [-0.4, -0.2) is 44.7 Å². The summed E-state index contributed by atoms with van der Waals surface area (Å²) in [4.78, 5) is 0. The monoisotopic (exact) mass is 282 g/mol. The molecule has 2 atom stereocenters. The molecule has 0 aromatic carbocycles. The Labute approximate surface area is 111 Å². The van der Waals surface area contributed by atoms with Gasteiger partial charge in [-0.25, -0.2) is 12.7 Å². The molecule has 2 heterocycles. The molecular weight excluding hydrogens is 260 g/mol. The van der Waals surface area contributed by atoms with Gasteiger partial charge in [0.2, 0.25) is 10.0 Å². The Kier molecular flexibility index (Phi) is 5.25. The molecular formula is C11H23ClN2O2S. The van der Waals surface area contributed by atoms with Gasteiger partial charge in [-0.1, -0.05) is 13.8 Å². The molecule has 0 saturated carbocycles. The van der Waals surface area contributed by atoms with Crippen LogP contribution in [0.15, 0.2) is 0 Å². The highest BCUT2D eigenvalue weighted by Crippen LogP contribution is 2.28. The number of hydrogen-bond acceptors (Lipinski definition) is 3. The summed E-state index contributed by atoms with van der Waals surface area (Å²) in [6.45, 7) is 7.58. The van der Waals surface area contributed by atoms with Crippen molar-refractivity contribution in [2.24, 2.45) is 17.8 Å². The molecule has 4 nitrogen and oxygen atoms in total. The largest absolute Gasteiger partial charge is 0.316 e. The van der Waals surface area contributed by atoms with Gasteiger partial charge in [-0.15, -0.1) is 12.4 Å². The zero-order valence-corrected chi connectivity index (χ0v) is 12.2. The summed E-state index contributed by atoms with van der Waals surface area (Å²) >= 11 is 0. The number of nitrogens with zero attached hydrogens (tertiary/aromatic N) is 1. The van der Waals surface area contributed by atoms with Gasteiger partial charge in [-0.3, -0.25) is 0 Å². The third-order valence-corrected chi connectivity index (χ3v) is 5.54. The van der Waals surface area contributed by atoms with Crippen molar-refractivity contribution < 1.29 is 8.42 Å². The summed E-state index contributed by atoms with van der Waals surface area (Å²) in [7, 11) is -2.99. The Hall–Kier alpha value is 0.160. The first kappa shape index (κ1) is 15.2. The maximum Gasteiger partial charge on any atom is 0.214 e. The minimum absolute atomic E-state index is 0. The minimum Gasteiger partial charge on any atom is -0.316 e. The van der Waals surface area contributed by atoms with Gasteiger partial charge in [0.1, 0.15) is 0 Å². The van der Waals surface area contributed by atoms with Gasteiger partial charge in [0.25, 0.3) is 0 Å². The second-order valence-electron chi connectivity index (χ2n) is 5.49. The first-order valence-electron chi connectivity index (χ1n) is 6.17. The van der Waals surface area contributed by atoms with Crippen molar-refractivity contribution in [3.63, 3.8) is 0 Å².